The number of fused-ring (bicyclic) bond motifs is 5. The highest BCUT2D eigenvalue weighted by atomic mass is 16.1. The fourth-order valence-corrected chi connectivity index (χ4v) is 8.49. The Hall–Kier alpha value is -0.850. The maximum Gasteiger partial charge on any atom is 0.133 e. The minimum absolute atomic E-state index is 0.383. The van der Waals surface area contributed by atoms with E-state index in [-0.39, 0.29) is 0 Å². The lowest BCUT2D eigenvalue weighted by molar-refractivity contribution is -0.127. The van der Waals surface area contributed by atoms with Crippen LogP contribution in [0.3, 0.4) is 0 Å². The van der Waals surface area contributed by atoms with Crippen molar-refractivity contribution in [1.82, 2.24) is 0 Å². The molecule has 0 aromatic rings. The smallest absolute Gasteiger partial charge is 0.133 e. The van der Waals surface area contributed by atoms with Crippen molar-refractivity contribution < 1.29 is 4.79 Å². The number of carbonyl (C=O) groups is 1. The molecule has 4 aliphatic rings. The van der Waals surface area contributed by atoms with E-state index in [9.17, 15) is 4.79 Å². The van der Waals surface area contributed by atoms with Gasteiger partial charge in [-0.15, -0.1) is 0 Å². The molecule has 0 saturated heterocycles. The summed E-state index contributed by atoms with van der Waals surface area (Å²) in [6, 6.07) is 0. The Balaban J connectivity index is 1.54. The van der Waals surface area contributed by atoms with Crippen LogP contribution in [0, 0.1) is 52.3 Å². The Morgan fingerprint density at radius 1 is 1.03 bits per heavy atom. The van der Waals surface area contributed by atoms with E-state index in [1.54, 1.807) is 0 Å². The van der Waals surface area contributed by atoms with Gasteiger partial charge in [0.1, 0.15) is 5.78 Å². The third-order valence-electron chi connectivity index (χ3n) is 10.6. The summed E-state index contributed by atoms with van der Waals surface area (Å²) < 4.78 is 0. The highest BCUT2D eigenvalue weighted by Crippen LogP contribution is 2.66. The van der Waals surface area contributed by atoms with Crippen LogP contribution in [-0.4, -0.2) is 5.78 Å². The van der Waals surface area contributed by atoms with Gasteiger partial charge in [0, 0.05) is 12.8 Å². The van der Waals surface area contributed by atoms with Crippen molar-refractivity contribution in [2.24, 2.45) is 52.3 Å². The molecule has 0 radical (unpaired) electrons. The minimum atomic E-state index is 0.383. The molecule has 0 N–H and O–H groups in total. The van der Waals surface area contributed by atoms with E-state index >= 15 is 0 Å². The van der Waals surface area contributed by atoms with Crippen LogP contribution in [0.5, 0.6) is 0 Å². The van der Waals surface area contributed by atoms with Crippen LogP contribution in [0.1, 0.15) is 99.3 Å². The van der Waals surface area contributed by atoms with Gasteiger partial charge in [0.05, 0.1) is 0 Å². The van der Waals surface area contributed by atoms with E-state index in [0.29, 0.717) is 28.4 Å². The van der Waals surface area contributed by atoms with E-state index in [1.807, 2.05) is 5.57 Å². The van der Waals surface area contributed by atoms with Crippen molar-refractivity contribution in [2.75, 3.05) is 0 Å². The molecule has 3 saturated carbocycles. The SMILES string of the molecule is CCC(C=CC(C)C1CCC2C3=CCC4CC(=O)CC[C@]4(C)C3CC[C@@]21C)C(C)C. The molecule has 0 aromatic heterocycles. The number of hydrogen-bond acceptors (Lipinski definition) is 1. The monoisotopic (exact) mass is 410 g/mol. The van der Waals surface area contributed by atoms with Crippen molar-refractivity contribution >= 4 is 5.78 Å². The molecule has 1 nitrogen and oxygen atoms in total. The Labute approximate surface area is 186 Å². The second-order valence-electron chi connectivity index (χ2n) is 12.3. The third kappa shape index (κ3) is 3.57. The predicted molar refractivity (Wildman–Crippen MR) is 127 cm³/mol. The lowest BCUT2D eigenvalue weighted by atomic mass is 9.48. The molecule has 30 heavy (non-hydrogen) atoms. The molecule has 4 aliphatic carbocycles. The molecule has 6 unspecified atom stereocenters. The Morgan fingerprint density at radius 2 is 1.77 bits per heavy atom. The topological polar surface area (TPSA) is 17.1 Å². The first-order valence-electron chi connectivity index (χ1n) is 13.1. The molecule has 0 aliphatic heterocycles. The summed E-state index contributed by atoms with van der Waals surface area (Å²) in [6.45, 7) is 14.7. The summed E-state index contributed by atoms with van der Waals surface area (Å²) in [7, 11) is 0. The maximum atomic E-state index is 12.1. The summed E-state index contributed by atoms with van der Waals surface area (Å²) >= 11 is 0. The Kier molecular flexibility index (Phi) is 6.15. The van der Waals surface area contributed by atoms with Gasteiger partial charge in [-0.25, -0.2) is 0 Å². The van der Waals surface area contributed by atoms with Crippen LogP contribution in [0.15, 0.2) is 23.8 Å². The zero-order valence-corrected chi connectivity index (χ0v) is 20.5. The van der Waals surface area contributed by atoms with E-state index in [0.717, 1.165) is 55.3 Å². The van der Waals surface area contributed by atoms with Crippen LogP contribution in [-0.2, 0) is 4.79 Å². The van der Waals surface area contributed by atoms with Gasteiger partial charge in [-0.1, -0.05) is 65.3 Å². The number of allylic oxidation sites excluding steroid dienone is 4. The number of Topliss-reactive ketones (excluding diaryl/α,β-unsaturated/α-hetero) is 1. The second-order valence-corrected chi connectivity index (χ2v) is 12.3. The third-order valence-corrected chi connectivity index (χ3v) is 10.6. The molecule has 4 rings (SSSR count). The van der Waals surface area contributed by atoms with Crippen LogP contribution in [0.2, 0.25) is 0 Å². The number of ketones is 1. The van der Waals surface area contributed by atoms with Gasteiger partial charge in [-0.2, -0.15) is 0 Å². The maximum absolute atomic E-state index is 12.1. The van der Waals surface area contributed by atoms with Crippen LogP contribution in [0.4, 0.5) is 0 Å². The molecule has 0 spiro atoms. The summed E-state index contributed by atoms with van der Waals surface area (Å²) in [6.07, 6.45) is 18.5. The van der Waals surface area contributed by atoms with Crippen LogP contribution in [0.25, 0.3) is 0 Å². The molecule has 0 amide bonds. The van der Waals surface area contributed by atoms with Gasteiger partial charge >= 0.3 is 0 Å². The van der Waals surface area contributed by atoms with Gasteiger partial charge < -0.3 is 0 Å². The Bertz CT molecular complexity index is 714. The predicted octanol–water partition coefficient (Wildman–Crippen LogP) is 8.01. The lowest BCUT2D eigenvalue weighted by Crippen LogP contribution is -2.49. The van der Waals surface area contributed by atoms with Crippen molar-refractivity contribution in [3.63, 3.8) is 0 Å². The number of hydrogen-bond donors (Lipinski definition) is 0. The number of carbonyl (C=O) groups excluding carboxylic acids is 1. The standard InChI is InChI=1S/C29H46O/c1-7-21(19(2)3)9-8-20(4)25-12-13-26-24-11-10-22-18-23(30)14-16-28(22,5)27(24)15-17-29(25,26)6/h8-9,11,19-22,25-27H,7,10,12-18H2,1-6H3/t20?,21?,22?,25?,26?,27?,28-,29+/m0/s1. The number of rotatable bonds is 5. The van der Waals surface area contributed by atoms with Crippen molar-refractivity contribution in [1.29, 1.82) is 0 Å². The molecular weight excluding hydrogens is 364 g/mol. The average molecular weight is 411 g/mol. The largest absolute Gasteiger partial charge is 0.300 e. The first-order chi connectivity index (χ1) is 14.2. The van der Waals surface area contributed by atoms with Gasteiger partial charge in [0.2, 0.25) is 0 Å². The molecule has 3 fully saturated rings. The van der Waals surface area contributed by atoms with Gasteiger partial charge in [-0.05, 0) is 97.2 Å². The highest BCUT2D eigenvalue weighted by Gasteiger charge is 2.58. The molecular formula is C29H46O. The van der Waals surface area contributed by atoms with E-state index in [2.05, 4.69) is 59.8 Å². The average Bonchev–Trinajstić information content (AvgIpc) is 3.06. The lowest BCUT2D eigenvalue weighted by Gasteiger charge is -2.57. The first kappa shape index (κ1) is 22.3. The van der Waals surface area contributed by atoms with E-state index in [1.165, 1.54) is 32.1 Å². The second kappa shape index (κ2) is 8.25. The quantitative estimate of drug-likeness (QED) is 0.419. The zero-order valence-electron chi connectivity index (χ0n) is 20.5. The first-order valence-corrected chi connectivity index (χ1v) is 13.1. The van der Waals surface area contributed by atoms with Crippen molar-refractivity contribution in [3.8, 4) is 0 Å². The van der Waals surface area contributed by atoms with Gasteiger partial charge in [-0.3, -0.25) is 4.79 Å². The minimum Gasteiger partial charge on any atom is -0.300 e. The summed E-state index contributed by atoms with van der Waals surface area (Å²) in [5.41, 5.74) is 2.68. The van der Waals surface area contributed by atoms with Gasteiger partial charge in [0.15, 0.2) is 0 Å². The van der Waals surface area contributed by atoms with Crippen molar-refractivity contribution in [3.05, 3.63) is 23.8 Å². The van der Waals surface area contributed by atoms with Crippen molar-refractivity contribution in [2.45, 2.75) is 99.3 Å². The fourth-order valence-electron chi connectivity index (χ4n) is 8.49. The molecule has 0 aromatic carbocycles. The summed E-state index contributed by atoms with van der Waals surface area (Å²) in [4.78, 5) is 12.1. The van der Waals surface area contributed by atoms with Crippen LogP contribution < -0.4 is 0 Å². The molecule has 0 bridgehead atoms. The summed E-state index contributed by atoms with van der Waals surface area (Å²) in [5, 5.41) is 0. The summed E-state index contributed by atoms with van der Waals surface area (Å²) in [5.74, 6) is 5.63. The van der Waals surface area contributed by atoms with E-state index < -0.39 is 0 Å². The van der Waals surface area contributed by atoms with Gasteiger partial charge in [0.25, 0.3) is 0 Å². The molecule has 1 heteroatoms. The zero-order chi connectivity index (χ0) is 21.7. The molecule has 168 valence electrons. The Morgan fingerprint density at radius 3 is 2.47 bits per heavy atom. The van der Waals surface area contributed by atoms with E-state index in [4.69, 9.17) is 0 Å². The highest BCUT2D eigenvalue weighted by molar-refractivity contribution is 5.79. The van der Waals surface area contributed by atoms with Crippen LogP contribution >= 0.6 is 0 Å². The fraction of sp³-hybridized carbons (Fsp3) is 0.828. The molecule has 0 heterocycles. The molecule has 8 atom stereocenters. The normalized spacial score (nSPS) is 43.2.